The smallest absolute Gasteiger partial charge is 0.161 e. The Morgan fingerprint density at radius 1 is 1.27 bits per heavy atom. The van der Waals surface area contributed by atoms with Crippen molar-refractivity contribution in [2.24, 2.45) is 0 Å². The Kier molecular flexibility index (Phi) is 3.59. The Labute approximate surface area is 90.0 Å². The lowest BCUT2D eigenvalue weighted by Crippen LogP contribution is -2.12. The third-order valence-electron chi connectivity index (χ3n) is 2.40. The average molecular weight is 208 g/mol. The van der Waals surface area contributed by atoms with Crippen LogP contribution in [0, 0.1) is 6.92 Å². The molecule has 0 saturated carbocycles. The molecular weight excluding hydrogens is 192 g/mol. The van der Waals surface area contributed by atoms with Crippen molar-refractivity contribution in [2.75, 3.05) is 19.8 Å². The Morgan fingerprint density at radius 3 is 2.73 bits per heavy atom. The van der Waals surface area contributed by atoms with Crippen LogP contribution in [0.1, 0.15) is 12.0 Å². The van der Waals surface area contributed by atoms with Gasteiger partial charge in [-0.1, -0.05) is 18.2 Å². The van der Waals surface area contributed by atoms with Gasteiger partial charge >= 0.3 is 0 Å². The molecule has 0 aliphatic carbocycles. The minimum absolute atomic E-state index is 0.0750. The molecule has 0 atom stereocenters. The molecule has 1 aliphatic rings. The van der Waals surface area contributed by atoms with Crippen molar-refractivity contribution in [3.8, 4) is 5.75 Å². The van der Waals surface area contributed by atoms with E-state index in [0.717, 1.165) is 17.7 Å². The zero-order chi connectivity index (χ0) is 10.5. The van der Waals surface area contributed by atoms with Crippen molar-refractivity contribution in [3.63, 3.8) is 0 Å². The molecule has 1 heterocycles. The number of para-hydroxylation sites is 1. The van der Waals surface area contributed by atoms with Gasteiger partial charge in [-0.2, -0.15) is 0 Å². The summed E-state index contributed by atoms with van der Waals surface area (Å²) in [5.41, 5.74) is 1.16. The molecule has 82 valence electrons. The molecule has 1 aromatic carbocycles. The zero-order valence-electron chi connectivity index (χ0n) is 8.94. The minimum Gasteiger partial charge on any atom is -0.493 e. The summed E-state index contributed by atoms with van der Waals surface area (Å²) in [7, 11) is 0. The SMILES string of the molecule is Cc1ccccc1OCCC1OCCO1. The number of aryl methyl sites for hydroxylation is 1. The van der Waals surface area contributed by atoms with Gasteiger partial charge in [0.1, 0.15) is 5.75 Å². The third kappa shape index (κ3) is 2.94. The molecule has 3 nitrogen and oxygen atoms in total. The summed E-state index contributed by atoms with van der Waals surface area (Å²) < 4.78 is 16.3. The lowest BCUT2D eigenvalue weighted by Gasteiger charge is -2.11. The molecule has 2 rings (SSSR count). The molecule has 0 N–H and O–H groups in total. The maximum atomic E-state index is 5.64. The van der Waals surface area contributed by atoms with Crippen molar-refractivity contribution in [3.05, 3.63) is 29.8 Å². The summed E-state index contributed by atoms with van der Waals surface area (Å²) in [6, 6.07) is 8.00. The normalized spacial score (nSPS) is 16.9. The summed E-state index contributed by atoms with van der Waals surface area (Å²) >= 11 is 0. The van der Waals surface area contributed by atoms with Crippen LogP contribution in [0.2, 0.25) is 0 Å². The fourth-order valence-electron chi connectivity index (χ4n) is 1.56. The standard InChI is InChI=1S/C12H16O3/c1-10-4-2-3-5-11(10)13-7-6-12-14-8-9-15-12/h2-5,12H,6-9H2,1H3. The van der Waals surface area contributed by atoms with E-state index in [4.69, 9.17) is 14.2 Å². The highest BCUT2D eigenvalue weighted by Crippen LogP contribution is 2.17. The number of benzene rings is 1. The van der Waals surface area contributed by atoms with Crippen molar-refractivity contribution >= 4 is 0 Å². The lowest BCUT2D eigenvalue weighted by atomic mass is 10.2. The maximum absolute atomic E-state index is 5.64. The van der Waals surface area contributed by atoms with E-state index in [0.29, 0.717) is 19.8 Å². The van der Waals surface area contributed by atoms with E-state index < -0.39 is 0 Å². The maximum Gasteiger partial charge on any atom is 0.161 e. The van der Waals surface area contributed by atoms with Crippen LogP contribution < -0.4 is 4.74 Å². The van der Waals surface area contributed by atoms with Gasteiger partial charge in [0.2, 0.25) is 0 Å². The van der Waals surface area contributed by atoms with Gasteiger partial charge in [0.25, 0.3) is 0 Å². The van der Waals surface area contributed by atoms with Crippen molar-refractivity contribution in [2.45, 2.75) is 19.6 Å². The second-order valence-electron chi connectivity index (χ2n) is 3.57. The quantitative estimate of drug-likeness (QED) is 0.758. The molecule has 3 heteroatoms. The monoisotopic (exact) mass is 208 g/mol. The summed E-state index contributed by atoms with van der Waals surface area (Å²) in [4.78, 5) is 0. The van der Waals surface area contributed by atoms with E-state index in [-0.39, 0.29) is 6.29 Å². The van der Waals surface area contributed by atoms with Gasteiger partial charge < -0.3 is 14.2 Å². The van der Waals surface area contributed by atoms with Gasteiger partial charge in [0, 0.05) is 6.42 Å². The van der Waals surface area contributed by atoms with Gasteiger partial charge in [-0.15, -0.1) is 0 Å². The van der Waals surface area contributed by atoms with Crippen LogP contribution in [0.3, 0.4) is 0 Å². The molecule has 0 unspecified atom stereocenters. The van der Waals surface area contributed by atoms with Crippen LogP contribution >= 0.6 is 0 Å². The highest BCUT2D eigenvalue weighted by atomic mass is 16.7. The summed E-state index contributed by atoms with van der Waals surface area (Å²) in [5.74, 6) is 0.940. The van der Waals surface area contributed by atoms with E-state index in [2.05, 4.69) is 0 Å². The Hall–Kier alpha value is -1.06. The topological polar surface area (TPSA) is 27.7 Å². The first-order valence-electron chi connectivity index (χ1n) is 5.28. The molecule has 0 aromatic heterocycles. The van der Waals surface area contributed by atoms with E-state index >= 15 is 0 Å². The molecule has 0 amide bonds. The number of ether oxygens (including phenoxy) is 3. The summed E-state index contributed by atoms with van der Waals surface area (Å²) in [6.07, 6.45) is 0.711. The Balaban J connectivity index is 1.75. The van der Waals surface area contributed by atoms with Crippen LogP contribution in [0.15, 0.2) is 24.3 Å². The number of hydrogen-bond donors (Lipinski definition) is 0. The highest BCUT2D eigenvalue weighted by Gasteiger charge is 2.15. The van der Waals surface area contributed by atoms with Gasteiger partial charge in [0.15, 0.2) is 6.29 Å². The highest BCUT2D eigenvalue weighted by molar-refractivity contribution is 5.31. The van der Waals surface area contributed by atoms with E-state index in [1.54, 1.807) is 0 Å². The van der Waals surface area contributed by atoms with Crippen molar-refractivity contribution < 1.29 is 14.2 Å². The van der Waals surface area contributed by atoms with Gasteiger partial charge in [-0.05, 0) is 18.6 Å². The van der Waals surface area contributed by atoms with Crippen LogP contribution in [0.4, 0.5) is 0 Å². The molecule has 1 saturated heterocycles. The second kappa shape index (κ2) is 5.14. The molecule has 0 spiro atoms. The van der Waals surface area contributed by atoms with Crippen LogP contribution in [0.5, 0.6) is 5.75 Å². The number of rotatable bonds is 4. The molecule has 1 fully saturated rings. The van der Waals surface area contributed by atoms with E-state index in [1.807, 2.05) is 31.2 Å². The van der Waals surface area contributed by atoms with Gasteiger partial charge in [0.05, 0.1) is 19.8 Å². The second-order valence-corrected chi connectivity index (χ2v) is 3.57. The Bertz CT molecular complexity index is 305. The first kappa shape index (κ1) is 10.5. The fourth-order valence-corrected chi connectivity index (χ4v) is 1.56. The lowest BCUT2D eigenvalue weighted by molar-refractivity contribution is -0.0531. The van der Waals surface area contributed by atoms with E-state index in [1.165, 1.54) is 0 Å². The molecule has 1 aliphatic heterocycles. The molecule has 15 heavy (non-hydrogen) atoms. The largest absolute Gasteiger partial charge is 0.493 e. The van der Waals surface area contributed by atoms with Gasteiger partial charge in [-0.25, -0.2) is 0 Å². The Morgan fingerprint density at radius 2 is 2.00 bits per heavy atom. The molecule has 0 bridgehead atoms. The van der Waals surface area contributed by atoms with Crippen LogP contribution in [-0.2, 0) is 9.47 Å². The first-order chi connectivity index (χ1) is 7.36. The predicted octanol–water partition coefficient (Wildman–Crippen LogP) is 2.14. The van der Waals surface area contributed by atoms with Crippen LogP contribution in [0.25, 0.3) is 0 Å². The van der Waals surface area contributed by atoms with Gasteiger partial charge in [-0.3, -0.25) is 0 Å². The average Bonchev–Trinajstić information content (AvgIpc) is 2.74. The third-order valence-corrected chi connectivity index (χ3v) is 2.40. The van der Waals surface area contributed by atoms with Crippen molar-refractivity contribution in [1.82, 2.24) is 0 Å². The fraction of sp³-hybridized carbons (Fsp3) is 0.500. The molecule has 1 aromatic rings. The minimum atomic E-state index is -0.0750. The predicted molar refractivity (Wildman–Crippen MR) is 57.0 cm³/mol. The first-order valence-corrected chi connectivity index (χ1v) is 5.28. The van der Waals surface area contributed by atoms with Crippen LogP contribution in [-0.4, -0.2) is 26.1 Å². The van der Waals surface area contributed by atoms with Crippen molar-refractivity contribution in [1.29, 1.82) is 0 Å². The molecule has 0 radical (unpaired) electrons. The summed E-state index contributed by atoms with van der Waals surface area (Å²) in [6.45, 7) is 4.08. The van der Waals surface area contributed by atoms with E-state index in [9.17, 15) is 0 Å². The molecular formula is C12H16O3. The summed E-state index contributed by atoms with van der Waals surface area (Å²) in [5, 5.41) is 0. The zero-order valence-corrected chi connectivity index (χ0v) is 8.94. The number of hydrogen-bond acceptors (Lipinski definition) is 3.